The van der Waals surface area contributed by atoms with Gasteiger partial charge in [-0.3, -0.25) is 4.68 Å². The molecule has 0 amide bonds. The van der Waals surface area contributed by atoms with Gasteiger partial charge >= 0.3 is 0 Å². The molecular weight excluding hydrogens is 212 g/mol. The van der Waals surface area contributed by atoms with Crippen LogP contribution < -0.4 is 5.32 Å². The second-order valence-electron chi connectivity index (χ2n) is 4.90. The molecule has 1 atom stereocenters. The van der Waals surface area contributed by atoms with Crippen LogP contribution >= 0.6 is 0 Å². The van der Waals surface area contributed by atoms with Gasteiger partial charge in [-0.15, -0.1) is 0 Å². The van der Waals surface area contributed by atoms with E-state index in [2.05, 4.69) is 29.2 Å². The first-order valence-electron chi connectivity index (χ1n) is 6.95. The van der Waals surface area contributed by atoms with Gasteiger partial charge < -0.3 is 5.32 Å². The highest BCUT2D eigenvalue weighted by Crippen LogP contribution is 2.28. The summed E-state index contributed by atoms with van der Waals surface area (Å²) in [6, 6.07) is 0.581. The maximum Gasteiger partial charge on any atom is 0.138 e. The summed E-state index contributed by atoms with van der Waals surface area (Å²) in [7, 11) is 0. The van der Waals surface area contributed by atoms with Crippen LogP contribution in [0.5, 0.6) is 0 Å². The summed E-state index contributed by atoms with van der Waals surface area (Å²) in [6.07, 6.45) is 8.23. The summed E-state index contributed by atoms with van der Waals surface area (Å²) >= 11 is 0. The highest BCUT2D eigenvalue weighted by atomic mass is 15.3. The smallest absolute Gasteiger partial charge is 0.138 e. The van der Waals surface area contributed by atoms with Gasteiger partial charge in [0.2, 0.25) is 0 Å². The highest BCUT2D eigenvalue weighted by Gasteiger charge is 2.25. The molecule has 0 bridgehead atoms. The Morgan fingerprint density at radius 1 is 1.41 bits per heavy atom. The summed E-state index contributed by atoms with van der Waals surface area (Å²) in [5.41, 5.74) is 0. The van der Waals surface area contributed by atoms with Gasteiger partial charge in [-0.25, -0.2) is 4.98 Å². The first-order chi connectivity index (χ1) is 8.35. The molecule has 4 heteroatoms. The van der Waals surface area contributed by atoms with E-state index in [0.29, 0.717) is 6.04 Å². The standard InChI is InChI=1S/C13H24N4/c1-3-14-12(11-7-5-6-8-11)9-13-15-10-16-17(13)4-2/h10-12,14H,3-9H2,1-2H3. The molecule has 1 unspecified atom stereocenters. The van der Waals surface area contributed by atoms with Crippen LogP contribution in [0.4, 0.5) is 0 Å². The Kier molecular flexibility index (Phi) is 4.54. The van der Waals surface area contributed by atoms with E-state index in [9.17, 15) is 0 Å². The van der Waals surface area contributed by atoms with Gasteiger partial charge in [0.15, 0.2) is 0 Å². The summed E-state index contributed by atoms with van der Waals surface area (Å²) < 4.78 is 2.01. The van der Waals surface area contributed by atoms with Gasteiger partial charge in [-0.05, 0) is 32.2 Å². The fourth-order valence-corrected chi connectivity index (χ4v) is 2.93. The third kappa shape index (κ3) is 3.06. The SMILES string of the molecule is CCNC(Cc1ncnn1CC)C1CCCC1. The molecular formula is C13H24N4. The van der Waals surface area contributed by atoms with Gasteiger partial charge in [0.25, 0.3) is 0 Å². The molecule has 1 saturated carbocycles. The molecule has 0 radical (unpaired) electrons. The lowest BCUT2D eigenvalue weighted by Crippen LogP contribution is -2.37. The number of aryl methyl sites for hydroxylation is 1. The quantitative estimate of drug-likeness (QED) is 0.821. The highest BCUT2D eigenvalue weighted by molar-refractivity contribution is 4.93. The molecule has 1 aliphatic rings. The Hall–Kier alpha value is -0.900. The van der Waals surface area contributed by atoms with Crippen molar-refractivity contribution in [2.45, 2.75) is 58.5 Å². The average Bonchev–Trinajstić information content (AvgIpc) is 2.99. The second kappa shape index (κ2) is 6.15. The van der Waals surface area contributed by atoms with Crippen molar-refractivity contribution < 1.29 is 0 Å². The van der Waals surface area contributed by atoms with Gasteiger partial charge in [0, 0.05) is 19.0 Å². The molecule has 2 rings (SSSR count). The largest absolute Gasteiger partial charge is 0.314 e. The van der Waals surface area contributed by atoms with Crippen LogP contribution in [0.3, 0.4) is 0 Å². The summed E-state index contributed by atoms with van der Waals surface area (Å²) in [4.78, 5) is 4.39. The van der Waals surface area contributed by atoms with Crippen molar-refractivity contribution in [2.24, 2.45) is 5.92 Å². The predicted molar refractivity (Wildman–Crippen MR) is 68.8 cm³/mol. The van der Waals surface area contributed by atoms with Crippen molar-refractivity contribution in [1.29, 1.82) is 0 Å². The zero-order valence-corrected chi connectivity index (χ0v) is 11.0. The lowest BCUT2D eigenvalue weighted by molar-refractivity contribution is 0.352. The van der Waals surface area contributed by atoms with Crippen molar-refractivity contribution in [3.05, 3.63) is 12.2 Å². The van der Waals surface area contributed by atoms with E-state index in [1.165, 1.54) is 25.7 Å². The van der Waals surface area contributed by atoms with Gasteiger partial charge in [-0.2, -0.15) is 5.10 Å². The molecule has 0 spiro atoms. The number of hydrogen-bond donors (Lipinski definition) is 1. The molecule has 1 heterocycles. The zero-order valence-electron chi connectivity index (χ0n) is 11.0. The lowest BCUT2D eigenvalue weighted by Gasteiger charge is -2.23. The van der Waals surface area contributed by atoms with E-state index in [4.69, 9.17) is 0 Å². The number of aromatic nitrogens is 3. The number of nitrogens with one attached hydrogen (secondary N) is 1. The average molecular weight is 236 g/mol. The normalized spacial score (nSPS) is 18.7. The Bertz CT molecular complexity index is 328. The molecule has 1 N–H and O–H groups in total. The molecule has 1 aromatic rings. The molecule has 1 aliphatic carbocycles. The maximum atomic E-state index is 4.39. The maximum absolute atomic E-state index is 4.39. The Balaban J connectivity index is 2.01. The van der Waals surface area contributed by atoms with Crippen molar-refractivity contribution in [3.63, 3.8) is 0 Å². The van der Waals surface area contributed by atoms with Crippen molar-refractivity contribution in [1.82, 2.24) is 20.1 Å². The molecule has 1 fully saturated rings. The van der Waals surface area contributed by atoms with E-state index >= 15 is 0 Å². The van der Waals surface area contributed by atoms with E-state index in [1.807, 2.05) is 4.68 Å². The molecule has 96 valence electrons. The minimum atomic E-state index is 0.581. The van der Waals surface area contributed by atoms with Crippen LogP contribution in [0.2, 0.25) is 0 Å². The van der Waals surface area contributed by atoms with Crippen molar-refractivity contribution >= 4 is 0 Å². The second-order valence-corrected chi connectivity index (χ2v) is 4.90. The monoisotopic (exact) mass is 236 g/mol. The summed E-state index contributed by atoms with van der Waals surface area (Å²) in [6.45, 7) is 6.27. The molecule has 4 nitrogen and oxygen atoms in total. The van der Waals surface area contributed by atoms with E-state index < -0.39 is 0 Å². The fraction of sp³-hybridized carbons (Fsp3) is 0.846. The Morgan fingerprint density at radius 2 is 2.18 bits per heavy atom. The van der Waals surface area contributed by atoms with Crippen molar-refractivity contribution in [2.75, 3.05) is 6.54 Å². The minimum Gasteiger partial charge on any atom is -0.314 e. The van der Waals surface area contributed by atoms with Crippen molar-refractivity contribution in [3.8, 4) is 0 Å². The predicted octanol–water partition coefficient (Wildman–Crippen LogP) is 2.01. The minimum absolute atomic E-state index is 0.581. The van der Waals surface area contributed by atoms with E-state index in [0.717, 1.165) is 31.3 Å². The molecule has 1 aromatic heterocycles. The molecule has 17 heavy (non-hydrogen) atoms. The molecule has 0 aliphatic heterocycles. The van der Waals surface area contributed by atoms with E-state index in [1.54, 1.807) is 6.33 Å². The summed E-state index contributed by atoms with van der Waals surface area (Å²) in [5, 5.41) is 7.89. The Labute approximate surface area is 104 Å². The zero-order chi connectivity index (χ0) is 12.1. The number of likely N-dealkylation sites (N-methyl/N-ethyl adjacent to an activating group) is 1. The first kappa shape index (κ1) is 12.6. The van der Waals surface area contributed by atoms with Crippen LogP contribution in [0.25, 0.3) is 0 Å². The van der Waals surface area contributed by atoms with Gasteiger partial charge in [0.1, 0.15) is 12.2 Å². The van der Waals surface area contributed by atoms with Crippen LogP contribution in [0.1, 0.15) is 45.4 Å². The third-order valence-electron chi connectivity index (χ3n) is 3.83. The number of nitrogens with zero attached hydrogens (tertiary/aromatic N) is 3. The van der Waals surface area contributed by atoms with E-state index in [-0.39, 0.29) is 0 Å². The topological polar surface area (TPSA) is 42.7 Å². The fourth-order valence-electron chi connectivity index (χ4n) is 2.93. The first-order valence-corrected chi connectivity index (χ1v) is 6.95. The van der Waals surface area contributed by atoms with Gasteiger partial charge in [-0.1, -0.05) is 19.8 Å². The van der Waals surface area contributed by atoms with Crippen LogP contribution in [0.15, 0.2) is 6.33 Å². The van der Waals surface area contributed by atoms with Gasteiger partial charge in [0.05, 0.1) is 0 Å². The Morgan fingerprint density at radius 3 is 2.82 bits per heavy atom. The lowest BCUT2D eigenvalue weighted by atomic mass is 9.95. The van der Waals surface area contributed by atoms with Crippen LogP contribution in [-0.4, -0.2) is 27.4 Å². The van der Waals surface area contributed by atoms with Crippen LogP contribution in [0, 0.1) is 5.92 Å². The summed E-state index contributed by atoms with van der Waals surface area (Å²) in [5.74, 6) is 1.96. The molecule has 0 aromatic carbocycles. The molecule has 0 saturated heterocycles. The third-order valence-corrected chi connectivity index (χ3v) is 3.83. The van der Waals surface area contributed by atoms with Crippen LogP contribution in [-0.2, 0) is 13.0 Å². The number of hydrogen-bond acceptors (Lipinski definition) is 3. The number of rotatable bonds is 6.